The summed E-state index contributed by atoms with van der Waals surface area (Å²) in [5.41, 5.74) is 1.92. The number of hydrogen-bond acceptors (Lipinski definition) is 6. The molecule has 0 heterocycles. The third-order valence-corrected chi connectivity index (χ3v) is 4.38. The van der Waals surface area contributed by atoms with Crippen molar-refractivity contribution >= 4 is 11.7 Å². The van der Waals surface area contributed by atoms with Gasteiger partial charge in [0.15, 0.2) is 5.75 Å². The van der Waals surface area contributed by atoms with Gasteiger partial charge in [0, 0.05) is 12.6 Å². The molecule has 28 heavy (non-hydrogen) atoms. The number of nitrogens with zero attached hydrogens (tertiary/aromatic N) is 2. The van der Waals surface area contributed by atoms with Gasteiger partial charge in [-0.05, 0) is 43.3 Å². The highest BCUT2D eigenvalue weighted by Gasteiger charge is 2.19. The van der Waals surface area contributed by atoms with Gasteiger partial charge in [-0.1, -0.05) is 38.1 Å². The first-order valence-electron chi connectivity index (χ1n) is 9.36. The van der Waals surface area contributed by atoms with E-state index in [4.69, 9.17) is 9.47 Å². The fourth-order valence-electron chi connectivity index (χ4n) is 2.74. The summed E-state index contributed by atoms with van der Waals surface area (Å²) in [4.78, 5) is 25.2. The molecular formula is C21H26N2O5. The van der Waals surface area contributed by atoms with Crippen LogP contribution in [0.3, 0.4) is 0 Å². The predicted octanol–water partition coefficient (Wildman–Crippen LogP) is 4.19. The van der Waals surface area contributed by atoms with Crippen LogP contribution in [0.15, 0.2) is 42.5 Å². The Balaban J connectivity index is 2.00. The van der Waals surface area contributed by atoms with E-state index >= 15 is 0 Å². The van der Waals surface area contributed by atoms with Crippen LogP contribution in [-0.2, 0) is 17.9 Å². The zero-order valence-corrected chi connectivity index (χ0v) is 16.5. The first-order chi connectivity index (χ1) is 13.5. The average Bonchev–Trinajstić information content (AvgIpc) is 2.71. The second-order valence-electron chi connectivity index (χ2n) is 6.23. The van der Waals surface area contributed by atoms with Crippen LogP contribution in [0.5, 0.6) is 5.75 Å². The minimum atomic E-state index is -0.613. The minimum Gasteiger partial charge on any atom is -0.487 e. The van der Waals surface area contributed by atoms with E-state index in [0.717, 1.165) is 25.2 Å². The number of carbonyl (C=O) groups is 1. The van der Waals surface area contributed by atoms with Crippen LogP contribution < -0.4 is 4.74 Å². The predicted molar refractivity (Wildman–Crippen MR) is 106 cm³/mol. The minimum absolute atomic E-state index is 0.103. The number of nitro groups is 1. The summed E-state index contributed by atoms with van der Waals surface area (Å²) in [6, 6.07) is 11.9. The number of esters is 1. The van der Waals surface area contributed by atoms with Gasteiger partial charge in [0.1, 0.15) is 6.61 Å². The molecule has 7 heteroatoms. The standard InChI is InChI=1S/C21H26N2O5/c1-4-22(5-2)14-16-7-9-17(10-8-16)15-28-21(24)18-11-12-20(27-6-3)19(13-18)23(25)26/h7-13H,4-6,14-15H2,1-3H3. The van der Waals surface area contributed by atoms with Crippen molar-refractivity contribution in [1.82, 2.24) is 4.90 Å². The first kappa shape index (κ1) is 21.4. The lowest BCUT2D eigenvalue weighted by Gasteiger charge is -2.18. The molecule has 7 nitrogen and oxygen atoms in total. The molecule has 150 valence electrons. The molecule has 0 unspecified atom stereocenters. The molecular weight excluding hydrogens is 360 g/mol. The zero-order chi connectivity index (χ0) is 20.5. The van der Waals surface area contributed by atoms with Crippen LogP contribution in [0.2, 0.25) is 0 Å². The third-order valence-electron chi connectivity index (χ3n) is 4.38. The van der Waals surface area contributed by atoms with Gasteiger partial charge in [0.2, 0.25) is 0 Å². The monoisotopic (exact) mass is 386 g/mol. The highest BCUT2D eigenvalue weighted by Crippen LogP contribution is 2.28. The van der Waals surface area contributed by atoms with Crippen LogP contribution in [0.1, 0.15) is 42.3 Å². The molecule has 0 N–H and O–H groups in total. The Bertz CT molecular complexity index is 801. The molecule has 0 aromatic heterocycles. The van der Waals surface area contributed by atoms with Gasteiger partial charge in [-0.3, -0.25) is 15.0 Å². The van der Waals surface area contributed by atoms with Crippen molar-refractivity contribution < 1.29 is 19.2 Å². The zero-order valence-electron chi connectivity index (χ0n) is 16.5. The molecule has 2 rings (SSSR count). The van der Waals surface area contributed by atoms with E-state index in [0.29, 0.717) is 6.61 Å². The molecule has 2 aromatic carbocycles. The second kappa shape index (κ2) is 10.4. The van der Waals surface area contributed by atoms with Crippen molar-refractivity contribution in [3.05, 3.63) is 69.3 Å². The van der Waals surface area contributed by atoms with Crippen LogP contribution in [-0.4, -0.2) is 35.5 Å². The molecule has 0 amide bonds. The molecule has 0 spiro atoms. The molecule has 0 aliphatic rings. The molecule has 0 aliphatic heterocycles. The maximum atomic E-state index is 12.3. The number of ether oxygens (including phenoxy) is 2. The number of benzene rings is 2. The lowest BCUT2D eigenvalue weighted by Crippen LogP contribution is -2.22. The molecule has 0 radical (unpaired) electrons. The Labute approximate surface area is 165 Å². The van der Waals surface area contributed by atoms with Gasteiger partial charge >= 0.3 is 11.7 Å². The Hall–Kier alpha value is -2.93. The van der Waals surface area contributed by atoms with Crippen molar-refractivity contribution in [2.45, 2.75) is 33.9 Å². The van der Waals surface area contributed by atoms with E-state index in [9.17, 15) is 14.9 Å². The van der Waals surface area contributed by atoms with Crippen molar-refractivity contribution in [3.63, 3.8) is 0 Å². The summed E-state index contributed by atoms with van der Waals surface area (Å²) in [5, 5.41) is 11.2. The van der Waals surface area contributed by atoms with Crippen molar-refractivity contribution in [2.75, 3.05) is 19.7 Å². The van der Waals surface area contributed by atoms with Gasteiger partial charge in [-0.2, -0.15) is 0 Å². The van der Waals surface area contributed by atoms with Gasteiger partial charge in [0.25, 0.3) is 0 Å². The highest BCUT2D eigenvalue weighted by atomic mass is 16.6. The van der Waals surface area contributed by atoms with Crippen molar-refractivity contribution in [1.29, 1.82) is 0 Å². The summed E-state index contributed by atoms with van der Waals surface area (Å²) in [6.07, 6.45) is 0. The third kappa shape index (κ3) is 5.79. The average molecular weight is 386 g/mol. The molecule has 0 fully saturated rings. The van der Waals surface area contributed by atoms with Gasteiger partial charge < -0.3 is 9.47 Å². The van der Waals surface area contributed by atoms with Crippen molar-refractivity contribution in [3.8, 4) is 5.75 Å². The largest absolute Gasteiger partial charge is 0.487 e. The summed E-state index contributed by atoms with van der Waals surface area (Å²) in [7, 11) is 0. The smallest absolute Gasteiger partial charge is 0.338 e. The molecule has 2 aromatic rings. The SMILES string of the molecule is CCOc1ccc(C(=O)OCc2ccc(CN(CC)CC)cc2)cc1[N+](=O)[O-]. The molecule has 0 bridgehead atoms. The van der Waals surface area contributed by atoms with Crippen LogP contribution in [0.4, 0.5) is 5.69 Å². The van der Waals surface area contributed by atoms with E-state index in [-0.39, 0.29) is 23.6 Å². The van der Waals surface area contributed by atoms with E-state index in [1.165, 1.54) is 23.8 Å². The van der Waals surface area contributed by atoms with E-state index in [2.05, 4.69) is 18.7 Å². The number of nitro benzene ring substituents is 1. The summed E-state index contributed by atoms with van der Waals surface area (Å²) in [6.45, 7) is 9.25. The number of rotatable bonds is 10. The number of carbonyl (C=O) groups excluding carboxylic acids is 1. The Morgan fingerprint density at radius 3 is 2.25 bits per heavy atom. The molecule has 0 saturated carbocycles. The maximum absolute atomic E-state index is 12.3. The highest BCUT2D eigenvalue weighted by molar-refractivity contribution is 5.90. The van der Waals surface area contributed by atoms with Crippen LogP contribution >= 0.6 is 0 Å². The summed E-state index contributed by atoms with van der Waals surface area (Å²) < 4.78 is 10.5. The van der Waals surface area contributed by atoms with Gasteiger partial charge in [-0.15, -0.1) is 0 Å². The Morgan fingerprint density at radius 2 is 1.68 bits per heavy atom. The second-order valence-corrected chi connectivity index (χ2v) is 6.23. The van der Waals surface area contributed by atoms with Gasteiger partial charge in [0.05, 0.1) is 17.1 Å². The van der Waals surface area contributed by atoms with E-state index in [1.807, 2.05) is 24.3 Å². The summed E-state index contributed by atoms with van der Waals surface area (Å²) >= 11 is 0. The lowest BCUT2D eigenvalue weighted by atomic mass is 10.1. The fourth-order valence-corrected chi connectivity index (χ4v) is 2.74. The normalized spacial score (nSPS) is 10.7. The maximum Gasteiger partial charge on any atom is 0.338 e. The molecule has 0 aliphatic carbocycles. The Morgan fingerprint density at radius 1 is 1.04 bits per heavy atom. The lowest BCUT2D eigenvalue weighted by molar-refractivity contribution is -0.385. The molecule has 0 saturated heterocycles. The van der Waals surface area contributed by atoms with Gasteiger partial charge in [-0.25, -0.2) is 4.79 Å². The fraction of sp³-hybridized carbons (Fsp3) is 0.381. The van der Waals surface area contributed by atoms with Crippen LogP contribution in [0, 0.1) is 10.1 Å². The van der Waals surface area contributed by atoms with E-state index in [1.54, 1.807) is 6.92 Å². The quantitative estimate of drug-likeness (QED) is 0.346. The molecule has 0 atom stereocenters. The van der Waals surface area contributed by atoms with E-state index < -0.39 is 10.9 Å². The Kier molecular flexibility index (Phi) is 7.95. The summed E-state index contributed by atoms with van der Waals surface area (Å²) in [5.74, 6) is -0.480. The first-order valence-corrected chi connectivity index (χ1v) is 9.36. The number of hydrogen-bond donors (Lipinski definition) is 0. The topological polar surface area (TPSA) is 81.9 Å². The van der Waals surface area contributed by atoms with Crippen molar-refractivity contribution in [2.24, 2.45) is 0 Å². The van der Waals surface area contributed by atoms with Crippen LogP contribution in [0.25, 0.3) is 0 Å².